The van der Waals surface area contributed by atoms with Gasteiger partial charge in [-0.25, -0.2) is 0 Å². The van der Waals surface area contributed by atoms with Crippen LogP contribution in [0.15, 0.2) is 48.5 Å². The molecule has 2 N–H and O–H groups in total. The van der Waals surface area contributed by atoms with E-state index in [9.17, 15) is 14.9 Å². The molecule has 6 nitrogen and oxygen atoms in total. The minimum atomic E-state index is -0.509. The molecule has 0 aliphatic rings. The monoisotopic (exact) mass is 395 g/mol. The lowest BCUT2D eigenvalue weighted by molar-refractivity contribution is -0.384. The van der Waals surface area contributed by atoms with Gasteiger partial charge in [-0.2, -0.15) is 0 Å². The second kappa shape index (κ2) is 8.57. The molecule has 128 valence electrons. The maximum Gasteiger partial charge on any atom is 0.270 e. The predicted octanol–water partition coefficient (Wildman–Crippen LogP) is 4.43. The number of rotatable bonds is 4. The number of hydrogen-bond acceptors (Lipinski definition) is 4. The Bertz CT molecular complexity index is 871. The number of carbonyl (C=O) groups excluding carboxylic acids is 1. The number of thiocarbonyl (C=S) groups is 1. The Labute approximate surface area is 158 Å². The lowest BCUT2D eigenvalue weighted by Gasteiger charge is -2.10. The highest BCUT2D eigenvalue weighted by atomic mass is 35.5. The Balaban J connectivity index is 1.97. The topological polar surface area (TPSA) is 84.3 Å². The molecule has 0 fully saturated rings. The van der Waals surface area contributed by atoms with Crippen molar-refractivity contribution in [3.8, 4) is 0 Å². The van der Waals surface area contributed by atoms with Gasteiger partial charge in [-0.3, -0.25) is 20.2 Å². The number of halogens is 2. The molecule has 0 atom stereocenters. The molecule has 0 unspecified atom stereocenters. The van der Waals surface area contributed by atoms with E-state index in [1.165, 1.54) is 30.4 Å². The summed E-state index contributed by atoms with van der Waals surface area (Å²) in [5, 5.41) is 16.8. The maximum atomic E-state index is 11.9. The molecule has 0 radical (unpaired) electrons. The third kappa shape index (κ3) is 5.82. The van der Waals surface area contributed by atoms with Crippen LogP contribution in [0.25, 0.3) is 6.08 Å². The van der Waals surface area contributed by atoms with Crippen molar-refractivity contribution in [2.75, 3.05) is 5.32 Å². The highest BCUT2D eigenvalue weighted by molar-refractivity contribution is 7.80. The van der Waals surface area contributed by atoms with Crippen LogP contribution in [0.1, 0.15) is 5.56 Å². The first-order chi connectivity index (χ1) is 11.8. The van der Waals surface area contributed by atoms with Gasteiger partial charge in [-0.05, 0) is 42.1 Å². The summed E-state index contributed by atoms with van der Waals surface area (Å²) in [4.78, 5) is 22.1. The number of nitro groups is 1. The van der Waals surface area contributed by atoms with E-state index in [1.807, 2.05) is 0 Å². The van der Waals surface area contributed by atoms with E-state index in [2.05, 4.69) is 10.6 Å². The van der Waals surface area contributed by atoms with E-state index in [0.29, 0.717) is 21.3 Å². The van der Waals surface area contributed by atoms with Crippen molar-refractivity contribution in [2.24, 2.45) is 0 Å². The number of benzene rings is 2. The molecule has 25 heavy (non-hydrogen) atoms. The molecular formula is C16H11Cl2N3O3S. The van der Waals surface area contributed by atoms with Gasteiger partial charge >= 0.3 is 0 Å². The molecule has 0 bridgehead atoms. The van der Waals surface area contributed by atoms with Crippen molar-refractivity contribution in [1.82, 2.24) is 5.32 Å². The van der Waals surface area contributed by atoms with Crippen LogP contribution in [-0.4, -0.2) is 15.9 Å². The van der Waals surface area contributed by atoms with Gasteiger partial charge in [0.1, 0.15) is 0 Å². The van der Waals surface area contributed by atoms with Crippen LogP contribution in [0.2, 0.25) is 10.0 Å². The van der Waals surface area contributed by atoms with Crippen LogP contribution in [0.5, 0.6) is 0 Å². The van der Waals surface area contributed by atoms with E-state index in [-0.39, 0.29) is 10.8 Å². The minimum Gasteiger partial charge on any atom is -0.331 e. The third-order valence-corrected chi connectivity index (χ3v) is 3.69. The number of carbonyl (C=O) groups is 1. The van der Waals surface area contributed by atoms with Crippen molar-refractivity contribution in [3.05, 3.63) is 74.3 Å². The third-order valence-electron chi connectivity index (χ3n) is 2.92. The summed E-state index contributed by atoms with van der Waals surface area (Å²) in [5.41, 5.74) is 0.915. The standard InChI is InChI=1S/C16H11Cl2N3O3S/c17-11-5-6-13(18)14(9-11)19-16(25)20-15(22)7-4-10-2-1-3-12(8-10)21(23)24/h1-9H,(H2,19,20,22,25). The van der Waals surface area contributed by atoms with Gasteiger partial charge in [0.05, 0.1) is 15.6 Å². The smallest absolute Gasteiger partial charge is 0.270 e. The van der Waals surface area contributed by atoms with E-state index in [1.54, 1.807) is 24.3 Å². The van der Waals surface area contributed by atoms with Crippen molar-refractivity contribution < 1.29 is 9.72 Å². The summed E-state index contributed by atoms with van der Waals surface area (Å²) in [7, 11) is 0. The van der Waals surface area contributed by atoms with E-state index >= 15 is 0 Å². The first-order valence-corrected chi connectivity index (χ1v) is 8.01. The second-order valence-corrected chi connectivity index (χ2v) is 6.00. The van der Waals surface area contributed by atoms with Gasteiger partial charge in [0.15, 0.2) is 5.11 Å². The van der Waals surface area contributed by atoms with Gasteiger partial charge in [-0.15, -0.1) is 0 Å². The summed E-state index contributed by atoms with van der Waals surface area (Å²) >= 11 is 16.9. The van der Waals surface area contributed by atoms with Crippen molar-refractivity contribution in [3.63, 3.8) is 0 Å². The first-order valence-electron chi connectivity index (χ1n) is 6.85. The highest BCUT2D eigenvalue weighted by Gasteiger charge is 2.07. The summed E-state index contributed by atoms with van der Waals surface area (Å²) in [6, 6.07) is 10.7. The van der Waals surface area contributed by atoms with Crippen molar-refractivity contribution in [2.45, 2.75) is 0 Å². The number of nitrogens with one attached hydrogen (secondary N) is 2. The molecule has 9 heteroatoms. The molecule has 0 aliphatic carbocycles. The fourth-order valence-electron chi connectivity index (χ4n) is 1.81. The number of nitrogens with zero attached hydrogens (tertiary/aromatic N) is 1. The fraction of sp³-hybridized carbons (Fsp3) is 0. The molecule has 1 amide bonds. The maximum absolute atomic E-state index is 11.9. The average molecular weight is 396 g/mol. The zero-order valence-electron chi connectivity index (χ0n) is 12.5. The van der Waals surface area contributed by atoms with E-state index in [4.69, 9.17) is 35.4 Å². The molecule has 0 aromatic heterocycles. The normalized spacial score (nSPS) is 10.5. The van der Waals surface area contributed by atoms with Crippen molar-refractivity contribution in [1.29, 1.82) is 0 Å². The number of amides is 1. The van der Waals surface area contributed by atoms with Crippen LogP contribution in [0, 0.1) is 10.1 Å². The quantitative estimate of drug-likeness (QED) is 0.346. The average Bonchev–Trinajstić information content (AvgIpc) is 2.56. The lowest BCUT2D eigenvalue weighted by atomic mass is 10.2. The molecule has 2 aromatic rings. The molecule has 0 saturated carbocycles. The fourth-order valence-corrected chi connectivity index (χ4v) is 2.36. The Morgan fingerprint density at radius 1 is 1.20 bits per heavy atom. The largest absolute Gasteiger partial charge is 0.331 e. The number of nitro benzene ring substituents is 1. The number of anilines is 1. The molecule has 2 rings (SSSR count). The van der Waals surface area contributed by atoms with Crippen LogP contribution in [-0.2, 0) is 4.79 Å². The van der Waals surface area contributed by atoms with Crippen molar-refractivity contribution >= 4 is 63.9 Å². The van der Waals surface area contributed by atoms with E-state index < -0.39 is 10.8 Å². The Morgan fingerprint density at radius 2 is 1.96 bits per heavy atom. The Morgan fingerprint density at radius 3 is 2.68 bits per heavy atom. The van der Waals surface area contributed by atoms with Crippen LogP contribution >= 0.6 is 35.4 Å². The van der Waals surface area contributed by atoms with Gasteiger partial charge in [0.2, 0.25) is 5.91 Å². The van der Waals surface area contributed by atoms with Crippen LogP contribution in [0.4, 0.5) is 11.4 Å². The predicted molar refractivity (Wildman–Crippen MR) is 103 cm³/mol. The van der Waals surface area contributed by atoms with Crippen LogP contribution < -0.4 is 10.6 Å². The second-order valence-electron chi connectivity index (χ2n) is 4.75. The highest BCUT2D eigenvalue weighted by Crippen LogP contribution is 2.25. The molecule has 0 aliphatic heterocycles. The number of non-ortho nitro benzene ring substituents is 1. The van der Waals surface area contributed by atoms with Gasteiger partial charge in [-0.1, -0.05) is 35.3 Å². The van der Waals surface area contributed by atoms with Gasteiger partial charge in [0.25, 0.3) is 5.69 Å². The SMILES string of the molecule is O=C(C=Cc1cccc([N+](=O)[O-])c1)NC(=S)Nc1cc(Cl)ccc1Cl. The van der Waals surface area contributed by atoms with Crippen LogP contribution in [0.3, 0.4) is 0 Å². The molecule has 2 aromatic carbocycles. The summed E-state index contributed by atoms with van der Waals surface area (Å²) < 4.78 is 0. The molecule has 0 heterocycles. The Hall–Kier alpha value is -2.48. The lowest BCUT2D eigenvalue weighted by Crippen LogP contribution is -2.32. The van der Waals surface area contributed by atoms with Gasteiger partial charge < -0.3 is 5.32 Å². The van der Waals surface area contributed by atoms with E-state index in [0.717, 1.165) is 0 Å². The zero-order chi connectivity index (χ0) is 18.4. The Kier molecular flexibility index (Phi) is 6.46. The first kappa shape index (κ1) is 18.9. The zero-order valence-corrected chi connectivity index (χ0v) is 14.9. The number of hydrogen-bond donors (Lipinski definition) is 2. The van der Waals surface area contributed by atoms with Gasteiger partial charge in [0, 0.05) is 23.2 Å². The molecule has 0 spiro atoms. The summed E-state index contributed by atoms with van der Waals surface area (Å²) in [6.07, 6.45) is 2.66. The summed E-state index contributed by atoms with van der Waals surface area (Å²) in [6.45, 7) is 0. The molecular weight excluding hydrogens is 385 g/mol. The summed E-state index contributed by atoms with van der Waals surface area (Å²) in [5.74, 6) is -0.498. The molecule has 0 saturated heterocycles. The minimum absolute atomic E-state index is 0.0397.